The number of aliphatic hydroxyl groups excluding tert-OH is 1. The van der Waals surface area contributed by atoms with Gasteiger partial charge in [0.05, 0.1) is 6.10 Å². The summed E-state index contributed by atoms with van der Waals surface area (Å²) >= 11 is 0. The third-order valence-electron chi connectivity index (χ3n) is 3.56. The zero-order chi connectivity index (χ0) is 15.9. The molecule has 0 radical (unpaired) electrons. The van der Waals surface area contributed by atoms with Crippen LogP contribution in [0.3, 0.4) is 0 Å². The molecule has 0 aliphatic carbocycles. The van der Waals surface area contributed by atoms with Gasteiger partial charge in [-0.25, -0.2) is 0 Å². The smallest absolute Gasteiger partial charge is 0.220 e. The molecule has 2 unspecified atom stereocenters. The van der Waals surface area contributed by atoms with Crippen LogP contribution in [0.5, 0.6) is 0 Å². The van der Waals surface area contributed by atoms with Gasteiger partial charge in [-0.2, -0.15) is 0 Å². The van der Waals surface area contributed by atoms with Crippen molar-refractivity contribution in [3.05, 3.63) is 59.5 Å². The summed E-state index contributed by atoms with van der Waals surface area (Å²) in [6.07, 6.45) is 0.909. The van der Waals surface area contributed by atoms with E-state index in [9.17, 15) is 9.90 Å². The Balaban J connectivity index is 1.74. The minimum absolute atomic E-state index is 0.0261. The normalized spacial score (nSPS) is 13.6. The maximum atomic E-state index is 11.9. The van der Waals surface area contributed by atoms with Gasteiger partial charge in [0, 0.05) is 18.9 Å². The predicted molar refractivity (Wildman–Crippen MR) is 85.4 cm³/mol. The highest BCUT2D eigenvalue weighted by Gasteiger charge is 2.14. The number of carbonyl (C=O) groups excluding carboxylic acids is 1. The third-order valence-corrected chi connectivity index (χ3v) is 3.56. The van der Waals surface area contributed by atoms with Crippen molar-refractivity contribution in [1.82, 2.24) is 5.32 Å². The lowest BCUT2D eigenvalue weighted by Gasteiger charge is -2.18. The quantitative estimate of drug-likeness (QED) is 0.826. The van der Waals surface area contributed by atoms with Crippen LogP contribution in [0, 0.1) is 6.92 Å². The van der Waals surface area contributed by atoms with Gasteiger partial charge in [0.25, 0.3) is 0 Å². The average molecular weight is 301 g/mol. The molecule has 118 valence electrons. The molecule has 2 N–H and O–H groups in total. The second-order valence-corrected chi connectivity index (χ2v) is 5.64. The predicted octanol–water partition coefficient (Wildman–Crippen LogP) is 3.15. The zero-order valence-corrected chi connectivity index (χ0v) is 13.1. The Kier molecular flexibility index (Phi) is 5.78. The van der Waals surface area contributed by atoms with E-state index < -0.39 is 6.10 Å². The first-order valence-corrected chi connectivity index (χ1v) is 7.62. The highest BCUT2D eigenvalue weighted by molar-refractivity contribution is 5.76. The van der Waals surface area contributed by atoms with E-state index in [1.165, 1.54) is 0 Å². The summed E-state index contributed by atoms with van der Waals surface area (Å²) in [4.78, 5) is 11.9. The molecular weight excluding hydrogens is 278 g/mol. The van der Waals surface area contributed by atoms with Crippen LogP contribution >= 0.6 is 0 Å². The largest absolute Gasteiger partial charge is 0.466 e. The molecule has 1 amide bonds. The molecule has 1 aromatic carbocycles. The number of amides is 1. The van der Waals surface area contributed by atoms with Crippen LogP contribution in [-0.4, -0.2) is 17.1 Å². The fraction of sp³-hybridized carbons (Fsp3) is 0.389. The van der Waals surface area contributed by atoms with E-state index in [1.807, 2.05) is 56.3 Å². The Bertz CT molecular complexity index is 591. The summed E-state index contributed by atoms with van der Waals surface area (Å²) < 4.78 is 5.44. The first-order valence-electron chi connectivity index (χ1n) is 7.62. The average Bonchev–Trinajstić information content (AvgIpc) is 2.91. The number of hydrogen-bond acceptors (Lipinski definition) is 3. The second-order valence-electron chi connectivity index (χ2n) is 5.64. The van der Waals surface area contributed by atoms with E-state index in [0.29, 0.717) is 19.3 Å². The maximum Gasteiger partial charge on any atom is 0.220 e. The summed E-state index contributed by atoms with van der Waals surface area (Å²) in [6.45, 7) is 3.79. The van der Waals surface area contributed by atoms with E-state index in [4.69, 9.17) is 4.42 Å². The van der Waals surface area contributed by atoms with Crippen molar-refractivity contribution in [2.45, 2.75) is 45.3 Å². The molecule has 0 fully saturated rings. The standard InChI is InChI=1S/C18H23NO3/c1-13(12-17(20)15-6-4-3-5-7-15)19-18(21)11-10-16-9-8-14(2)22-16/h3-9,13,17,20H,10-12H2,1-2H3,(H,19,21). The molecule has 1 aromatic heterocycles. The molecule has 22 heavy (non-hydrogen) atoms. The molecule has 0 spiro atoms. The number of aliphatic hydroxyl groups is 1. The third kappa shape index (κ3) is 5.04. The first-order chi connectivity index (χ1) is 10.5. The molecule has 2 rings (SSSR count). The van der Waals surface area contributed by atoms with Crippen LogP contribution in [0.1, 0.15) is 43.0 Å². The van der Waals surface area contributed by atoms with Crippen molar-refractivity contribution < 1.29 is 14.3 Å². The highest BCUT2D eigenvalue weighted by Crippen LogP contribution is 2.17. The van der Waals surface area contributed by atoms with Crippen LogP contribution in [0.2, 0.25) is 0 Å². The monoisotopic (exact) mass is 301 g/mol. The molecule has 0 aliphatic rings. The van der Waals surface area contributed by atoms with Gasteiger partial charge < -0.3 is 14.8 Å². The van der Waals surface area contributed by atoms with Gasteiger partial charge in [0.2, 0.25) is 5.91 Å². The van der Waals surface area contributed by atoms with Gasteiger partial charge in [-0.3, -0.25) is 4.79 Å². The van der Waals surface area contributed by atoms with E-state index in [-0.39, 0.29) is 11.9 Å². The molecule has 0 bridgehead atoms. The number of benzene rings is 1. The van der Waals surface area contributed by atoms with Crippen molar-refractivity contribution >= 4 is 5.91 Å². The lowest BCUT2D eigenvalue weighted by atomic mass is 10.0. The molecule has 2 aromatic rings. The van der Waals surface area contributed by atoms with Crippen molar-refractivity contribution in [1.29, 1.82) is 0 Å². The van der Waals surface area contributed by atoms with Crippen LogP contribution in [0.25, 0.3) is 0 Å². The molecule has 0 saturated heterocycles. The molecule has 4 heteroatoms. The molecule has 4 nitrogen and oxygen atoms in total. The fourth-order valence-corrected chi connectivity index (χ4v) is 2.41. The van der Waals surface area contributed by atoms with E-state index in [2.05, 4.69) is 5.32 Å². The minimum Gasteiger partial charge on any atom is -0.466 e. The first kappa shape index (κ1) is 16.3. The van der Waals surface area contributed by atoms with Gasteiger partial charge in [-0.15, -0.1) is 0 Å². The van der Waals surface area contributed by atoms with E-state index >= 15 is 0 Å². The van der Waals surface area contributed by atoms with E-state index in [1.54, 1.807) is 0 Å². The lowest BCUT2D eigenvalue weighted by Crippen LogP contribution is -2.33. The van der Waals surface area contributed by atoms with Gasteiger partial charge in [0.15, 0.2) is 0 Å². The lowest BCUT2D eigenvalue weighted by molar-refractivity contribution is -0.121. The van der Waals surface area contributed by atoms with Crippen LogP contribution in [0.15, 0.2) is 46.9 Å². The van der Waals surface area contributed by atoms with Crippen molar-refractivity contribution in [2.75, 3.05) is 0 Å². The van der Waals surface area contributed by atoms with Crippen LogP contribution in [-0.2, 0) is 11.2 Å². The molecular formula is C18H23NO3. The van der Waals surface area contributed by atoms with Crippen LogP contribution < -0.4 is 5.32 Å². The van der Waals surface area contributed by atoms with Crippen molar-refractivity contribution in [2.24, 2.45) is 0 Å². The highest BCUT2D eigenvalue weighted by atomic mass is 16.3. The topological polar surface area (TPSA) is 62.5 Å². The Morgan fingerprint density at radius 2 is 1.95 bits per heavy atom. The SMILES string of the molecule is Cc1ccc(CCC(=O)NC(C)CC(O)c2ccccc2)o1. The number of nitrogens with one attached hydrogen (secondary N) is 1. The molecule has 0 saturated carbocycles. The summed E-state index contributed by atoms with van der Waals surface area (Å²) in [5.41, 5.74) is 0.870. The van der Waals surface area contributed by atoms with Gasteiger partial charge >= 0.3 is 0 Å². The summed E-state index contributed by atoms with van der Waals surface area (Å²) in [6, 6.07) is 13.2. The summed E-state index contributed by atoms with van der Waals surface area (Å²) in [5, 5.41) is 13.1. The maximum absolute atomic E-state index is 11.9. The van der Waals surface area contributed by atoms with Gasteiger partial charge in [-0.05, 0) is 38.0 Å². The number of furan rings is 1. The summed E-state index contributed by atoms with van der Waals surface area (Å²) in [7, 11) is 0. The number of carbonyl (C=O) groups is 1. The Labute approximate surface area is 131 Å². The molecule has 2 atom stereocenters. The zero-order valence-electron chi connectivity index (χ0n) is 13.1. The molecule has 1 heterocycles. The van der Waals surface area contributed by atoms with Crippen LogP contribution in [0.4, 0.5) is 0 Å². The van der Waals surface area contributed by atoms with Gasteiger partial charge in [-0.1, -0.05) is 30.3 Å². The Morgan fingerprint density at radius 3 is 2.59 bits per heavy atom. The minimum atomic E-state index is -0.566. The van der Waals surface area contributed by atoms with Gasteiger partial charge in [0.1, 0.15) is 11.5 Å². The van der Waals surface area contributed by atoms with Crippen molar-refractivity contribution in [3.8, 4) is 0 Å². The Morgan fingerprint density at radius 1 is 1.23 bits per heavy atom. The van der Waals surface area contributed by atoms with Crippen molar-refractivity contribution in [3.63, 3.8) is 0 Å². The Hall–Kier alpha value is -2.07. The number of hydrogen-bond donors (Lipinski definition) is 2. The number of rotatable bonds is 7. The second kappa shape index (κ2) is 7.80. The number of aryl methyl sites for hydroxylation is 2. The molecule has 0 aliphatic heterocycles. The fourth-order valence-electron chi connectivity index (χ4n) is 2.41. The van der Waals surface area contributed by atoms with E-state index in [0.717, 1.165) is 17.1 Å². The summed E-state index contributed by atoms with van der Waals surface area (Å²) in [5.74, 6) is 1.65.